The number of hydrogen-bond acceptors (Lipinski definition) is 2. The Bertz CT molecular complexity index is 737. The van der Waals surface area contributed by atoms with Crippen LogP contribution in [0, 0.1) is 0 Å². The fraction of sp³-hybridized carbons (Fsp3) is 0.111. The van der Waals surface area contributed by atoms with Gasteiger partial charge in [0.1, 0.15) is 0 Å². The predicted molar refractivity (Wildman–Crippen MR) is 89.9 cm³/mol. The largest absolute Gasteiger partial charge is 0.294 e. The summed E-state index contributed by atoms with van der Waals surface area (Å²) < 4.78 is 2.81. The van der Waals surface area contributed by atoms with E-state index in [0.717, 1.165) is 15.6 Å². The van der Waals surface area contributed by atoms with Gasteiger partial charge in [0.05, 0.1) is 6.04 Å². The van der Waals surface area contributed by atoms with Crippen LogP contribution in [0.4, 0.5) is 0 Å². The number of hydrogen-bond donors (Lipinski definition) is 0. The molecule has 22 heavy (non-hydrogen) atoms. The lowest BCUT2D eigenvalue weighted by Crippen LogP contribution is -2.16. The van der Waals surface area contributed by atoms with Crippen molar-refractivity contribution in [3.05, 3.63) is 88.7 Å². The fourth-order valence-electron chi connectivity index (χ4n) is 2.43. The van der Waals surface area contributed by atoms with E-state index in [4.69, 9.17) is 0 Å². The van der Waals surface area contributed by atoms with Crippen LogP contribution in [0.3, 0.4) is 0 Å². The summed E-state index contributed by atoms with van der Waals surface area (Å²) in [5, 5.41) is 4.31. The second kappa shape index (κ2) is 6.71. The highest BCUT2D eigenvalue weighted by molar-refractivity contribution is 9.10. The normalized spacial score (nSPS) is 12.0. The van der Waals surface area contributed by atoms with Crippen LogP contribution < -0.4 is 0 Å². The molecule has 0 spiro atoms. The first kappa shape index (κ1) is 14.7. The third kappa shape index (κ3) is 3.34. The summed E-state index contributed by atoms with van der Waals surface area (Å²) in [7, 11) is 0. The van der Waals surface area contributed by atoms with Gasteiger partial charge in [0.15, 0.2) is 5.78 Å². The Labute approximate surface area is 137 Å². The standard InChI is InChI=1S/C18H15BrN2O/c19-16-9-7-15(8-10-16)18(22)13-17(21-12-4-11-20-21)14-5-2-1-3-6-14/h1-12,17H,13H2. The number of Topliss-reactive ketones (excluding diaryl/α,β-unsaturated/α-hetero) is 1. The molecule has 1 unspecified atom stereocenters. The highest BCUT2D eigenvalue weighted by Crippen LogP contribution is 2.23. The van der Waals surface area contributed by atoms with E-state index in [9.17, 15) is 4.79 Å². The molecular weight excluding hydrogens is 340 g/mol. The summed E-state index contributed by atoms with van der Waals surface area (Å²) >= 11 is 3.39. The van der Waals surface area contributed by atoms with E-state index < -0.39 is 0 Å². The number of rotatable bonds is 5. The number of carbonyl (C=O) groups excluding carboxylic acids is 1. The lowest BCUT2D eigenvalue weighted by molar-refractivity contribution is 0.0967. The van der Waals surface area contributed by atoms with Gasteiger partial charge in [-0.25, -0.2) is 0 Å². The molecule has 1 aromatic heterocycles. The first-order valence-electron chi connectivity index (χ1n) is 7.07. The molecule has 0 saturated heterocycles. The second-order valence-electron chi connectivity index (χ2n) is 5.05. The second-order valence-corrected chi connectivity index (χ2v) is 5.96. The predicted octanol–water partition coefficient (Wildman–Crippen LogP) is 4.51. The van der Waals surface area contributed by atoms with Crippen molar-refractivity contribution in [3.8, 4) is 0 Å². The van der Waals surface area contributed by atoms with Crippen molar-refractivity contribution >= 4 is 21.7 Å². The zero-order valence-electron chi connectivity index (χ0n) is 11.9. The topological polar surface area (TPSA) is 34.9 Å². The number of nitrogens with zero attached hydrogens (tertiary/aromatic N) is 2. The smallest absolute Gasteiger partial charge is 0.165 e. The quantitative estimate of drug-likeness (QED) is 0.632. The number of carbonyl (C=O) groups is 1. The maximum absolute atomic E-state index is 12.6. The Kier molecular flexibility index (Phi) is 4.49. The molecule has 1 atom stereocenters. The molecule has 110 valence electrons. The van der Waals surface area contributed by atoms with Gasteiger partial charge in [-0.2, -0.15) is 5.10 Å². The van der Waals surface area contributed by atoms with Gasteiger partial charge in [0.25, 0.3) is 0 Å². The van der Waals surface area contributed by atoms with Gasteiger partial charge in [-0.05, 0) is 23.8 Å². The van der Waals surface area contributed by atoms with Crippen molar-refractivity contribution in [3.63, 3.8) is 0 Å². The van der Waals surface area contributed by atoms with Crippen LogP contribution in [-0.2, 0) is 0 Å². The van der Waals surface area contributed by atoms with Crippen molar-refractivity contribution in [2.24, 2.45) is 0 Å². The van der Waals surface area contributed by atoms with Crippen LogP contribution in [0.5, 0.6) is 0 Å². The highest BCUT2D eigenvalue weighted by Gasteiger charge is 2.19. The third-order valence-corrected chi connectivity index (χ3v) is 4.10. The highest BCUT2D eigenvalue weighted by atomic mass is 79.9. The van der Waals surface area contributed by atoms with Crippen molar-refractivity contribution in [1.82, 2.24) is 9.78 Å². The van der Waals surface area contributed by atoms with Crippen LogP contribution in [-0.4, -0.2) is 15.6 Å². The Balaban J connectivity index is 1.87. The molecule has 3 aromatic rings. The molecule has 4 heteroatoms. The fourth-order valence-corrected chi connectivity index (χ4v) is 2.70. The third-order valence-electron chi connectivity index (χ3n) is 3.57. The Morgan fingerprint density at radius 3 is 2.41 bits per heavy atom. The summed E-state index contributed by atoms with van der Waals surface area (Å²) in [5.74, 6) is 0.108. The van der Waals surface area contributed by atoms with Crippen LogP contribution >= 0.6 is 15.9 Å². The number of benzene rings is 2. The summed E-state index contributed by atoms with van der Waals surface area (Å²) in [6.07, 6.45) is 4.01. The molecule has 3 rings (SSSR count). The molecule has 1 heterocycles. The van der Waals surface area contributed by atoms with Gasteiger partial charge >= 0.3 is 0 Å². The van der Waals surface area contributed by atoms with Gasteiger partial charge in [0.2, 0.25) is 0 Å². The maximum Gasteiger partial charge on any atom is 0.165 e. The lowest BCUT2D eigenvalue weighted by Gasteiger charge is -2.17. The van der Waals surface area contributed by atoms with Crippen molar-refractivity contribution in [2.45, 2.75) is 12.5 Å². The van der Waals surface area contributed by atoms with Crippen LogP contribution in [0.2, 0.25) is 0 Å². The molecule has 0 amide bonds. The molecule has 0 aliphatic rings. The summed E-state index contributed by atoms with van der Waals surface area (Å²) in [5.41, 5.74) is 1.80. The lowest BCUT2D eigenvalue weighted by atomic mass is 9.98. The monoisotopic (exact) mass is 354 g/mol. The molecule has 0 radical (unpaired) electrons. The maximum atomic E-state index is 12.6. The minimum atomic E-state index is -0.0904. The minimum absolute atomic E-state index is 0.0904. The molecule has 0 N–H and O–H groups in total. The minimum Gasteiger partial charge on any atom is -0.294 e. The van der Waals surface area contributed by atoms with E-state index >= 15 is 0 Å². The molecule has 0 aliphatic carbocycles. The molecule has 0 saturated carbocycles. The average molecular weight is 355 g/mol. The van der Waals surface area contributed by atoms with Crippen LogP contribution in [0.15, 0.2) is 77.5 Å². The summed E-state index contributed by atoms with van der Waals surface area (Å²) in [4.78, 5) is 12.6. The number of ketones is 1. The van der Waals surface area contributed by atoms with E-state index in [1.807, 2.05) is 71.5 Å². The van der Waals surface area contributed by atoms with Crippen LogP contribution in [0.1, 0.15) is 28.4 Å². The Hall–Kier alpha value is -2.20. The molecule has 2 aromatic carbocycles. The zero-order chi connectivity index (χ0) is 15.4. The van der Waals surface area contributed by atoms with E-state index in [1.54, 1.807) is 6.20 Å². The molecule has 0 fully saturated rings. The van der Waals surface area contributed by atoms with Gasteiger partial charge in [-0.1, -0.05) is 58.4 Å². The number of halogens is 1. The van der Waals surface area contributed by atoms with Gasteiger partial charge < -0.3 is 0 Å². The van der Waals surface area contributed by atoms with Gasteiger partial charge in [-0.15, -0.1) is 0 Å². The van der Waals surface area contributed by atoms with Crippen molar-refractivity contribution in [2.75, 3.05) is 0 Å². The number of aromatic nitrogens is 2. The van der Waals surface area contributed by atoms with E-state index in [1.165, 1.54) is 0 Å². The van der Waals surface area contributed by atoms with E-state index in [-0.39, 0.29) is 11.8 Å². The first-order chi connectivity index (χ1) is 10.7. The van der Waals surface area contributed by atoms with Gasteiger partial charge in [-0.3, -0.25) is 9.48 Å². The molecule has 3 nitrogen and oxygen atoms in total. The van der Waals surface area contributed by atoms with Crippen LogP contribution in [0.25, 0.3) is 0 Å². The van der Waals surface area contributed by atoms with Gasteiger partial charge in [0, 0.05) is 28.9 Å². The van der Waals surface area contributed by atoms with Crippen molar-refractivity contribution in [1.29, 1.82) is 0 Å². The van der Waals surface area contributed by atoms with E-state index in [2.05, 4.69) is 21.0 Å². The molecule has 0 bridgehead atoms. The zero-order valence-corrected chi connectivity index (χ0v) is 13.5. The average Bonchev–Trinajstić information content (AvgIpc) is 3.08. The molecule has 0 aliphatic heterocycles. The Morgan fingerprint density at radius 2 is 1.77 bits per heavy atom. The summed E-state index contributed by atoms with van der Waals surface area (Å²) in [6, 6.07) is 19.2. The SMILES string of the molecule is O=C(CC(c1ccccc1)n1cccn1)c1ccc(Br)cc1. The van der Waals surface area contributed by atoms with E-state index in [0.29, 0.717) is 6.42 Å². The summed E-state index contributed by atoms with van der Waals surface area (Å²) in [6.45, 7) is 0. The molecular formula is C18H15BrN2O. The first-order valence-corrected chi connectivity index (χ1v) is 7.86. The Morgan fingerprint density at radius 1 is 1.05 bits per heavy atom. The van der Waals surface area contributed by atoms with Crippen molar-refractivity contribution < 1.29 is 4.79 Å².